The lowest BCUT2D eigenvalue weighted by Crippen LogP contribution is -2.22. The maximum absolute atomic E-state index is 3.66. The lowest BCUT2D eigenvalue weighted by molar-refractivity contribution is 0.346. The van der Waals surface area contributed by atoms with Crippen LogP contribution in [0.15, 0.2) is 36.5 Å². The quantitative estimate of drug-likeness (QED) is 0.614. The van der Waals surface area contributed by atoms with Gasteiger partial charge in [-0.3, -0.25) is 4.90 Å². The van der Waals surface area contributed by atoms with Crippen molar-refractivity contribution in [3.8, 4) is 0 Å². The Labute approximate surface area is 101 Å². The van der Waals surface area contributed by atoms with Crippen molar-refractivity contribution in [2.24, 2.45) is 5.92 Å². The van der Waals surface area contributed by atoms with Gasteiger partial charge in [0, 0.05) is 13.1 Å². The first kappa shape index (κ1) is 13.2. The van der Waals surface area contributed by atoms with Crippen LogP contribution >= 0.6 is 0 Å². The maximum Gasteiger partial charge on any atom is 0.0193 e. The van der Waals surface area contributed by atoms with Crippen LogP contribution in [0.4, 0.5) is 0 Å². The van der Waals surface area contributed by atoms with E-state index in [9.17, 15) is 0 Å². The molecule has 0 N–H and O–H groups in total. The van der Waals surface area contributed by atoms with Gasteiger partial charge in [-0.1, -0.05) is 49.8 Å². The van der Waals surface area contributed by atoms with E-state index in [2.05, 4.69) is 37.5 Å². The Morgan fingerprint density at radius 3 is 2.94 bits per heavy atom. The minimum atomic E-state index is 0.946. The molecule has 1 heteroatoms. The SMILES string of the molecule is C=C/C=C\C=C(/C)CN1CCC(CCC)C1. The van der Waals surface area contributed by atoms with Crippen molar-refractivity contribution in [2.45, 2.75) is 33.1 Å². The summed E-state index contributed by atoms with van der Waals surface area (Å²) in [7, 11) is 0. The Hall–Kier alpha value is -0.820. The Morgan fingerprint density at radius 1 is 1.44 bits per heavy atom. The van der Waals surface area contributed by atoms with Gasteiger partial charge in [0.15, 0.2) is 0 Å². The summed E-state index contributed by atoms with van der Waals surface area (Å²) in [6.07, 6.45) is 12.2. The molecule has 0 bridgehead atoms. The predicted octanol–water partition coefficient (Wildman–Crippen LogP) is 3.80. The summed E-state index contributed by atoms with van der Waals surface area (Å²) in [5.41, 5.74) is 1.44. The summed E-state index contributed by atoms with van der Waals surface area (Å²) in [4.78, 5) is 2.58. The fourth-order valence-corrected chi connectivity index (χ4v) is 2.40. The van der Waals surface area contributed by atoms with E-state index in [0.29, 0.717) is 0 Å². The second kappa shape index (κ2) is 7.45. The van der Waals surface area contributed by atoms with Crippen molar-refractivity contribution in [1.82, 2.24) is 4.90 Å². The van der Waals surface area contributed by atoms with Crippen LogP contribution in [0.25, 0.3) is 0 Å². The third-order valence-corrected chi connectivity index (χ3v) is 3.17. The molecule has 1 nitrogen and oxygen atoms in total. The topological polar surface area (TPSA) is 3.24 Å². The molecule has 0 spiro atoms. The van der Waals surface area contributed by atoms with E-state index in [1.54, 1.807) is 0 Å². The fourth-order valence-electron chi connectivity index (χ4n) is 2.40. The molecule has 1 saturated heterocycles. The van der Waals surface area contributed by atoms with Crippen molar-refractivity contribution in [1.29, 1.82) is 0 Å². The van der Waals surface area contributed by atoms with E-state index < -0.39 is 0 Å². The summed E-state index contributed by atoms with van der Waals surface area (Å²) in [5, 5.41) is 0. The minimum Gasteiger partial charge on any atom is -0.299 e. The highest BCUT2D eigenvalue weighted by atomic mass is 15.1. The zero-order valence-corrected chi connectivity index (χ0v) is 10.8. The summed E-state index contributed by atoms with van der Waals surface area (Å²) in [5.74, 6) is 0.946. The molecule has 0 saturated carbocycles. The standard InChI is InChI=1S/C15H25N/c1-4-6-7-9-14(3)12-16-11-10-15(13-16)8-5-2/h4,6-7,9,15H,1,5,8,10-13H2,2-3H3/b7-6-,14-9+. The van der Waals surface area contributed by atoms with Crippen LogP contribution < -0.4 is 0 Å². The molecule has 16 heavy (non-hydrogen) atoms. The highest BCUT2D eigenvalue weighted by Gasteiger charge is 2.20. The number of rotatable bonds is 6. The number of nitrogens with zero attached hydrogens (tertiary/aromatic N) is 1. The largest absolute Gasteiger partial charge is 0.299 e. The molecule has 1 fully saturated rings. The summed E-state index contributed by atoms with van der Waals surface area (Å²) < 4.78 is 0. The molecule has 0 radical (unpaired) electrons. The Morgan fingerprint density at radius 2 is 2.25 bits per heavy atom. The Bertz CT molecular complexity index is 263. The molecule has 90 valence electrons. The van der Waals surface area contributed by atoms with Gasteiger partial charge in [-0.05, 0) is 32.2 Å². The average Bonchev–Trinajstić information content (AvgIpc) is 2.66. The Balaban J connectivity index is 2.30. The molecular formula is C15H25N. The molecule has 0 amide bonds. The van der Waals surface area contributed by atoms with Gasteiger partial charge in [0.2, 0.25) is 0 Å². The van der Waals surface area contributed by atoms with Crippen molar-refractivity contribution in [2.75, 3.05) is 19.6 Å². The second-order valence-corrected chi connectivity index (χ2v) is 4.81. The molecule has 1 aliphatic rings. The van der Waals surface area contributed by atoms with Gasteiger partial charge in [-0.2, -0.15) is 0 Å². The predicted molar refractivity (Wildman–Crippen MR) is 72.5 cm³/mol. The van der Waals surface area contributed by atoms with Crippen molar-refractivity contribution < 1.29 is 0 Å². The zero-order chi connectivity index (χ0) is 11.8. The highest BCUT2D eigenvalue weighted by Crippen LogP contribution is 2.21. The van der Waals surface area contributed by atoms with Crippen LogP contribution in [0, 0.1) is 5.92 Å². The van der Waals surface area contributed by atoms with Gasteiger partial charge >= 0.3 is 0 Å². The van der Waals surface area contributed by atoms with Gasteiger partial charge in [0.25, 0.3) is 0 Å². The molecule has 0 aliphatic carbocycles. The molecule has 1 unspecified atom stereocenters. The molecule has 1 rings (SSSR count). The smallest absolute Gasteiger partial charge is 0.0193 e. The van der Waals surface area contributed by atoms with Crippen LogP contribution in [0.1, 0.15) is 33.1 Å². The van der Waals surface area contributed by atoms with Gasteiger partial charge in [0.05, 0.1) is 0 Å². The van der Waals surface area contributed by atoms with E-state index in [-0.39, 0.29) is 0 Å². The van der Waals surface area contributed by atoms with Crippen LogP contribution in [0.2, 0.25) is 0 Å². The van der Waals surface area contributed by atoms with Gasteiger partial charge in [-0.25, -0.2) is 0 Å². The average molecular weight is 219 g/mol. The highest BCUT2D eigenvalue weighted by molar-refractivity contribution is 5.15. The normalized spacial score (nSPS) is 23.1. The van der Waals surface area contributed by atoms with E-state index in [1.807, 2.05) is 12.2 Å². The van der Waals surface area contributed by atoms with Crippen molar-refractivity contribution in [3.63, 3.8) is 0 Å². The monoisotopic (exact) mass is 219 g/mol. The lowest BCUT2D eigenvalue weighted by Gasteiger charge is -2.15. The summed E-state index contributed by atoms with van der Waals surface area (Å²) in [6.45, 7) is 11.9. The molecule has 0 aromatic heterocycles. The zero-order valence-electron chi connectivity index (χ0n) is 10.8. The van der Waals surface area contributed by atoms with Crippen LogP contribution in [0.5, 0.6) is 0 Å². The fraction of sp³-hybridized carbons (Fsp3) is 0.600. The van der Waals surface area contributed by atoms with Gasteiger partial charge in [-0.15, -0.1) is 0 Å². The minimum absolute atomic E-state index is 0.946. The van der Waals surface area contributed by atoms with E-state index >= 15 is 0 Å². The molecule has 0 aromatic carbocycles. The third-order valence-electron chi connectivity index (χ3n) is 3.17. The van der Waals surface area contributed by atoms with Crippen molar-refractivity contribution >= 4 is 0 Å². The lowest BCUT2D eigenvalue weighted by atomic mass is 10.0. The van der Waals surface area contributed by atoms with Crippen LogP contribution in [-0.4, -0.2) is 24.5 Å². The molecule has 0 aromatic rings. The number of allylic oxidation sites excluding steroid dienone is 4. The molecule has 1 atom stereocenters. The summed E-state index contributed by atoms with van der Waals surface area (Å²) in [6, 6.07) is 0. The number of hydrogen-bond donors (Lipinski definition) is 0. The van der Waals surface area contributed by atoms with Gasteiger partial charge in [0.1, 0.15) is 0 Å². The number of hydrogen-bond acceptors (Lipinski definition) is 1. The van der Waals surface area contributed by atoms with E-state index in [0.717, 1.165) is 12.5 Å². The maximum atomic E-state index is 3.66. The molecular weight excluding hydrogens is 194 g/mol. The summed E-state index contributed by atoms with van der Waals surface area (Å²) >= 11 is 0. The molecule has 1 heterocycles. The number of likely N-dealkylation sites (tertiary alicyclic amines) is 1. The molecule has 1 aliphatic heterocycles. The first-order valence-electron chi connectivity index (χ1n) is 6.43. The third kappa shape index (κ3) is 4.80. The van der Waals surface area contributed by atoms with Crippen molar-refractivity contribution in [3.05, 3.63) is 36.5 Å². The Kier molecular flexibility index (Phi) is 6.17. The van der Waals surface area contributed by atoms with E-state index in [1.165, 1.54) is 37.9 Å². The van der Waals surface area contributed by atoms with E-state index in [4.69, 9.17) is 0 Å². The second-order valence-electron chi connectivity index (χ2n) is 4.81. The van der Waals surface area contributed by atoms with Crippen LogP contribution in [-0.2, 0) is 0 Å². The van der Waals surface area contributed by atoms with Gasteiger partial charge < -0.3 is 0 Å². The van der Waals surface area contributed by atoms with Crippen LogP contribution in [0.3, 0.4) is 0 Å². The first-order valence-corrected chi connectivity index (χ1v) is 6.43. The first-order chi connectivity index (χ1) is 7.76.